The molecular formula is C12H12F2N2O3S. The Morgan fingerprint density at radius 2 is 2.00 bits per heavy atom. The summed E-state index contributed by atoms with van der Waals surface area (Å²) < 4.78 is 24.8. The van der Waals surface area contributed by atoms with E-state index in [2.05, 4.69) is 5.32 Å². The van der Waals surface area contributed by atoms with Crippen molar-refractivity contribution in [2.45, 2.75) is 10.7 Å². The number of carboxylic acids is 1. The molecule has 0 spiro atoms. The van der Waals surface area contributed by atoms with Gasteiger partial charge in [-0.3, -0.25) is 4.79 Å². The van der Waals surface area contributed by atoms with Gasteiger partial charge in [-0.25, -0.2) is 4.79 Å². The Morgan fingerprint density at radius 3 is 2.60 bits per heavy atom. The fourth-order valence-corrected chi connectivity index (χ4v) is 2.36. The summed E-state index contributed by atoms with van der Waals surface area (Å²) in [6.45, 7) is 0.261. The second-order valence-electron chi connectivity index (χ2n) is 4.24. The van der Waals surface area contributed by atoms with Crippen molar-refractivity contribution in [2.75, 3.05) is 18.4 Å². The number of anilines is 1. The minimum Gasteiger partial charge on any atom is -0.481 e. The van der Waals surface area contributed by atoms with Crippen LogP contribution >= 0.6 is 11.8 Å². The molecule has 0 aromatic heterocycles. The van der Waals surface area contributed by atoms with Crippen molar-refractivity contribution in [1.29, 1.82) is 0 Å². The molecule has 2 N–H and O–H groups in total. The van der Waals surface area contributed by atoms with Gasteiger partial charge in [-0.15, -0.1) is 0 Å². The molecule has 108 valence electrons. The summed E-state index contributed by atoms with van der Waals surface area (Å²) in [5, 5.41) is 11.2. The number of benzene rings is 1. The Hall–Kier alpha value is -1.83. The Morgan fingerprint density at radius 1 is 1.35 bits per heavy atom. The second kappa shape index (κ2) is 6.08. The zero-order valence-corrected chi connectivity index (χ0v) is 11.1. The normalized spacial score (nSPS) is 15.1. The number of thioether (sulfide) groups is 1. The molecule has 20 heavy (non-hydrogen) atoms. The van der Waals surface area contributed by atoms with Crippen molar-refractivity contribution in [3.63, 3.8) is 0 Å². The van der Waals surface area contributed by atoms with Gasteiger partial charge in [0, 0.05) is 18.0 Å². The highest BCUT2D eigenvalue weighted by Gasteiger charge is 2.35. The molecule has 1 aromatic carbocycles. The summed E-state index contributed by atoms with van der Waals surface area (Å²) in [7, 11) is 0. The smallest absolute Gasteiger partial charge is 0.321 e. The van der Waals surface area contributed by atoms with Gasteiger partial charge in [-0.1, -0.05) is 23.9 Å². The van der Waals surface area contributed by atoms with Gasteiger partial charge in [-0.05, 0) is 12.1 Å². The monoisotopic (exact) mass is 302 g/mol. The lowest BCUT2D eigenvalue weighted by Gasteiger charge is -2.36. The summed E-state index contributed by atoms with van der Waals surface area (Å²) in [4.78, 5) is 24.1. The first kappa shape index (κ1) is 14.6. The van der Waals surface area contributed by atoms with Crippen LogP contribution in [0.5, 0.6) is 0 Å². The highest BCUT2D eigenvalue weighted by atomic mass is 32.2. The Balaban J connectivity index is 1.97. The molecule has 1 aromatic rings. The molecule has 5 nitrogen and oxygen atoms in total. The van der Waals surface area contributed by atoms with E-state index in [4.69, 9.17) is 5.11 Å². The number of rotatable bonds is 4. The maximum atomic E-state index is 12.4. The van der Waals surface area contributed by atoms with Crippen molar-refractivity contribution < 1.29 is 23.5 Å². The Labute approximate surface area is 117 Å². The van der Waals surface area contributed by atoms with Gasteiger partial charge in [0.15, 0.2) is 0 Å². The first-order valence-corrected chi connectivity index (χ1v) is 6.68. The first-order chi connectivity index (χ1) is 9.47. The Kier molecular flexibility index (Phi) is 4.43. The lowest BCUT2D eigenvalue weighted by molar-refractivity contribution is -0.145. The molecule has 2 amide bonds. The number of halogens is 2. The molecular weight excluding hydrogens is 290 g/mol. The van der Waals surface area contributed by atoms with E-state index in [-0.39, 0.29) is 18.0 Å². The molecule has 1 aliphatic rings. The van der Waals surface area contributed by atoms with Crippen LogP contribution in [0, 0.1) is 5.92 Å². The number of para-hydroxylation sites is 1. The number of urea groups is 1. The summed E-state index contributed by atoms with van der Waals surface area (Å²) in [5.74, 6) is -4.07. The first-order valence-electron chi connectivity index (χ1n) is 5.80. The van der Waals surface area contributed by atoms with Crippen LogP contribution < -0.4 is 5.32 Å². The van der Waals surface area contributed by atoms with Crippen LogP contribution in [0.15, 0.2) is 29.2 Å². The van der Waals surface area contributed by atoms with E-state index < -0.39 is 23.7 Å². The molecule has 1 fully saturated rings. The van der Waals surface area contributed by atoms with E-state index >= 15 is 0 Å². The van der Waals surface area contributed by atoms with E-state index in [1.54, 1.807) is 12.1 Å². The summed E-state index contributed by atoms with van der Waals surface area (Å²) in [6, 6.07) is 5.76. The minimum absolute atomic E-state index is 0.130. The van der Waals surface area contributed by atoms with E-state index in [0.717, 1.165) is 0 Å². The number of likely N-dealkylation sites (tertiary alicyclic amines) is 1. The molecule has 0 radical (unpaired) electrons. The van der Waals surface area contributed by atoms with Gasteiger partial charge in [0.05, 0.1) is 11.6 Å². The standard InChI is InChI=1S/C12H12F2N2O3S/c13-11(14)20-9-4-2-1-3-8(9)15-12(19)16-5-7(6-16)10(17)18/h1-4,7,11H,5-6H2,(H,15,19)(H,17,18). The summed E-state index contributed by atoms with van der Waals surface area (Å²) >= 11 is 0.349. The molecule has 1 aliphatic heterocycles. The van der Waals surface area contributed by atoms with Crippen LogP contribution in [0.1, 0.15) is 0 Å². The molecule has 2 rings (SSSR count). The molecule has 8 heteroatoms. The van der Waals surface area contributed by atoms with Crippen LogP contribution in [-0.4, -0.2) is 40.9 Å². The minimum atomic E-state index is -2.58. The highest BCUT2D eigenvalue weighted by molar-refractivity contribution is 7.99. The lowest BCUT2D eigenvalue weighted by Crippen LogP contribution is -2.54. The summed E-state index contributed by atoms with van der Waals surface area (Å²) in [5.41, 5.74) is 0.293. The zero-order valence-electron chi connectivity index (χ0n) is 10.3. The number of carbonyl (C=O) groups excluding carboxylic acids is 1. The van der Waals surface area contributed by atoms with Gasteiger partial charge >= 0.3 is 12.0 Å². The highest BCUT2D eigenvalue weighted by Crippen LogP contribution is 2.32. The van der Waals surface area contributed by atoms with Crippen molar-refractivity contribution in [2.24, 2.45) is 5.92 Å². The third kappa shape index (κ3) is 3.38. The van der Waals surface area contributed by atoms with Gasteiger partial charge in [0.25, 0.3) is 5.76 Å². The maximum absolute atomic E-state index is 12.4. The largest absolute Gasteiger partial charge is 0.481 e. The van der Waals surface area contributed by atoms with Crippen LogP contribution in [0.2, 0.25) is 0 Å². The maximum Gasteiger partial charge on any atom is 0.321 e. The van der Waals surface area contributed by atoms with Crippen molar-refractivity contribution in [3.8, 4) is 0 Å². The van der Waals surface area contributed by atoms with Crippen LogP contribution in [0.25, 0.3) is 0 Å². The van der Waals surface area contributed by atoms with E-state index in [1.807, 2.05) is 0 Å². The van der Waals surface area contributed by atoms with Crippen molar-refractivity contribution >= 4 is 29.4 Å². The average molecular weight is 302 g/mol. The van der Waals surface area contributed by atoms with Crippen LogP contribution in [0.3, 0.4) is 0 Å². The number of hydrogen-bond acceptors (Lipinski definition) is 3. The fraction of sp³-hybridized carbons (Fsp3) is 0.333. The predicted octanol–water partition coefficient (Wildman–Crippen LogP) is 2.55. The van der Waals surface area contributed by atoms with Gasteiger partial charge in [-0.2, -0.15) is 8.78 Å². The molecule has 0 unspecified atom stereocenters. The second-order valence-corrected chi connectivity index (χ2v) is 5.28. The molecule has 0 atom stereocenters. The molecule has 0 saturated carbocycles. The Bertz CT molecular complexity index is 521. The average Bonchev–Trinajstić information content (AvgIpc) is 2.28. The van der Waals surface area contributed by atoms with Gasteiger partial charge < -0.3 is 15.3 Å². The zero-order chi connectivity index (χ0) is 14.7. The number of nitrogens with zero attached hydrogens (tertiary/aromatic N) is 1. The van der Waals surface area contributed by atoms with Gasteiger partial charge in [0.1, 0.15) is 0 Å². The number of carbonyl (C=O) groups is 2. The summed E-state index contributed by atoms with van der Waals surface area (Å²) in [6.07, 6.45) is 0. The SMILES string of the molecule is O=C(O)C1CN(C(=O)Nc2ccccc2SC(F)F)C1. The third-order valence-corrected chi connectivity index (χ3v) is 3.65. The van der Waals surface area contributed by atoms with E-state index in [1.165, 1.54) is 17.0 Å². The lowest BCUT2D eigenvalue weighted by atomic mass is 10.0. The quantitative estimate of drug-likeness (QED) is 0.839. The number of aliphatic carboxylic acids is 1. The molecule has 1 saturated heterocycles. The predicted molar refractivity (Wildman–Crippen MR) is 70.0 cm³/mol. The van der Waals surface area contributed by atoms with E-state index in [0.29, 0.717) is 17.4 Å². The third-order valence-electron chi connectivity index (χ3n) is 2.86. The number of alkyl halides is 2. The molecule has 0 bridgehead atoms. The molecule has 0 aliphatic carbocycles. The van der Waals surface area contributed by atoms with Crippen LogP contribution in [-0.2, 0) is 4.79 Å². The van der Waals surface area contributed by atoms with E-state index in [9.17, 15) is 18.4 Å². The van der Waals surface area contributed by atoms with Crippen molar-refractivity contribution in [1.82, 2.24) is 4.90 Å². The topological polar surface area (TPSA) is 69.6 Å². The van der Waals surface area contributed by atoms with Crippen molar-refractivity contribution in [3.05, 3.63) is 24.3 Å². The fourth-order valence-electron chi connectivity index (χ4n) is 1.76. The number of carboxylic acid groups (broad SMARTS) is 1. The number of amides is 2. The van der Waals surface area contributed by atoms with Crippen LogP contribution in [0.4, 0.5) is 19.3 Å². The number of hydrogen-bond donors (Lipinski definition) is 2. The van der Waals surface area contributed by atoms with Gasteiger partial charge in [0.2, 0.25) is 0 Å². The molecule has 1 heterocycles. The number of nitrogens with one attached hydrogen (secondary N) is 1.